The highest BCUT2D eigenvalue weighted by Crippen LogP contribution is 2.34. The van der Waals surface area contributed by atoms with E-state index in [1.54, 1.807) is 36.7 Å². The molecule has 0 N–H and O–H groups in total. The first-order chi connectivity index (χ1) is 17.2. The number of nitrogens with zero attached hydrogens (tertiary/aromatic N) is 4. The topological polar surface area (TPSA) is 59.0 Å². The minimum absolute atomic E-state index is 0.0633. The van der Waals surface area contributed by atoms with Gasteiger partial charge in [0.1, 0.15) is 5.82 Å². The van der Waals surface area contributed by atoms with Crippen molar-refractivity contribution < 1.29 is 9.18 Å². The van der Waals surface area contributed by atoms with Gasteiger partial charge in [0, 0.05) is 60.4 Å². The van der Waals surface area contributed by atoms with Crippen LogP contribution in [0.25, 0.3) is 28.6 Å². The fourth-order valence-electron chi connectivity index (χ4n) is 4.46. The second-order valence-electron chi connectivity index (χ2n) is 8.57. The first-order valence-electron chi connectivity index (χ1n) is 11.7. The highest BCUT2D eigenvalue weighted by atomic mass is 19.1. The molecule has 35 heavy (non-hydrogen) atoms. The molecule has 5 rings (SSSR count). The number of hydrogen-bond donors (Lipinski definition) is 0. The van der Waals surface area contributed by atoms with Gasteiger partial charge in [-0.05, 0) is 42.7 Å². The Kier molecular flexibility index (Phi) is 6.70. The minimum atomic E-state index is -0.342. The van der Waals surface area contributed by atoms with Crippen LogP contribution in [-0.4, -0.2) is 38.8 Å². The monoisotopic (exact) mass is 464 g/mol. The molecule has 1 unspecified atom stereocenters. The SMILES string of the molecule is O=C(C=Cc1ccccc1F)N1CCCC(c2nc(-c3ccncc3)ncc2-c2ccccc2)C1. The van der Waals surface area contributed by atoms with Gasteiger partial charge in [0.15, 0.2) is 5.82 Å². The maximum Gasteiger partial charge on any atom is 0.246 e. The summed E-state index contributed by atoms with van der Waals surface area (Å²) in [6.45, 7) is 1.22. The van der Waals surface area contributed by atoms with E-state index in [1.165, 1.54) is 12.1 Å². The van der Waals surface area contributed by atoms with E-state index < -0.39 is 0 Å². The third-order valence-electron chi connectivity index (χ3n) is 6.27. The van der Waals surface area contributed by atoms with Crippen molar-refractivity contribution in [2.24, 2.45) is 0 Å². The molecule has 0 aliphatic carbocycles. The number of aromatic nitrogens is 3. The molecule has 1 amide bonds. The molecule has 0 spiro atoms. The summed E-state index contributed by atoms with van der Waals surface area (Å²) in [6.07, 6.45) is 10.1. The predicted octanol–water partition coefficient (Wildman–Crippen LogP) is 5.76. The Labute approximate surface area is 204 Å². The molecule has 5 nitrogen and oxygen atoms in total. The fraction of sp³-hybridized carbons (Fsp3) is 0.172. The maximum atomic E-state index is 14.0. The number of rotatable bonds is 5. The number of benzene rings is 2. The lowest BCUT2D eigenvalue weighted by molar-refractivity contribution is -0.127. The van der Waals surface area contributed by atoms with Crippen molar-refractivity contribution >= 4 is 12.0 Å². The number of halogens is 1. The van der Waals surface area contributed by atoms with Crippen molar-refractivity contribution in [2.45, 2.75) is 18.8 Å². The molecule has 1 atom stereocenters. The Hall–Kier alpha value is -4.19. The van der Waals surface area contributed by atoms with E-state index >= 15 is 0 Å². The van der Waals surface area contributed by atoms with Crippen LogP contribution in [0.15, 0.2) is 91.4 Å². The molecule has 0 bridgehead atoms. The summed E-state index contributed by atoms with van der Waals surface area (Å²) in [6, 6.07) is 20.3. The van der Waals surface area contributed by atoms with Gasteiger partial charge in [-0.2, -0.15) is 0 Å². The van der Waals surface area contributed by atoms with E-state index in [4.69, 9.17) is 4.98 Å². The molecule has 2 aromatic carbocycles. The van der Waals surface area contributed by atoms with Crippen molar-refractivity contribution in [1.29, 1.82) is 0 Å². The third-order valence-corrected chi connectivity index (χ3v) is 6.27. The van der Waals surface area contributed by atoms with Gasteiger partial charge in [-0.1, -0.05) is 48.5 Å². The Bertz CT molecular complexity index is 1340. The van der Waals surface area contributed by atoms with Crippen molar-refractivity contribution in [1.82, 2.24) is 19.9 Å². The summed E-state index contributed by atoms with van der Waals surface area (Å²) >= 11 is 0. The number of likely N-dealkylation sites (tertiary alicyclic amines) is 1. The second kappa shape index (κ2) is 10.4. The van der Waals surface area contributed by atoms with Crippen LogP contribution < -0.4 is 0 Å². The zero-order valence-electron chi connectivity index (χ0n) is 19.2. The number of pyridine rings is 1. The number of piperidine rings is 1. The molecule has 1 aliphatic rings. The van der Waals surface area contributed by atoms with Crippen LogP contribution in [-0.2, 0) is 4.79 Å². The van der Waals surface area contributed by atoms with Crippen molar-refractivity contribution in [2.75, 3.05) is 13.1 Å². The summed E-state index contributed by atoms with van der Waals surface area (Å²) in [5.74, 6) is 0.242. The Morgan fingerprint density at radius 1 is 0.971 bits per heavy atom. The molecule has 3 heterocycles. The molecule has 0 radical (unpaired) electrons. The van der Waals surface area contributed by atoms with Crippen LogP contribution in [0.4, 0.5) is 4.39 Å². The van der Waals surface area contributed by atoms with Gasteiger partial charge in [-0.25, -0.2) is 14.4 Å². The van der Waals surface area contributed by atoms with E-state index in [2.05, 4.69) is 22.1 Å². The molecule has 174 valence electrons. The lowest BCUT2D eigenvalue weighted by Crippen LogP contribution is -2.38. The van der Waals surface area contributed by atoms with Crippen LogP contribution in [0.2, 0.25) is 0 Å². The standard InChI is InChI=1S/C29H25FN4O/c30-26-11-5-4-9-22(26)12-13-27(35)34-18-6-10-24(20-34)28-25(21-7-2-1-3-8-21)19-32-29(33-28)23-14-16-31-17-15-23/h1-5,7-9,11-17,19,24H,6,10,18,20H2. The van der Waals surface area contributed by atoms with Crippen molar-refractivity contribution in [3.63, 3.8) is 0 Å². The van der Waals surface area contributed by atoms with Crippen LogP contribution in [0, 0.1) is 5.82 Å². The fourth-order valence-corrected chi connectivity index (χ4v) is 4.46. The average Bonchev–Trinajstić information content (AvgIpc) is 2.93. The van der Waals surface area contributed by atoms with Crippen LogP contribution in [0.1, 0.15) is 30.0 Å². The second-order valence-corrected chi connectivity index (χ2v) is 8.57. The Morgan fingerprint density at radius 3 is 2.54 bits per heavy atom. The van der Waals surface area contributed by atoms with E-state index in [0.717, 1.165) is 35.2 Å². The van der Waals surface area contributed by atoms with E-state index in [9.17, 15) is 9.18 Å². The first kappa shape index (κ1) is 22.6. The molecule has 1 aliphatic heterocycles. The van der Waals surface area contributed by atoms with Gasteiger partial charge in [-0.3, -0.25) is 9.78 Å². The highest BCUT2D eigenvalue weighted by molar-refractivity contribution is 5.92. The van der Waals surface area contributed by atoms with Gasteiger partial charge in [0.05, 0.1) is 5.69 Å². The highest BCUT2D eigenvalue weighted by Gasteiger charge is 2.27. The van der Waals surface area contributed by atoms with Crippen LogP contribution in [0.3, 0.4) is 0 Å². The van der Waals surface area contributed by atoms with Gasteiger partial charge >= 0.3 is 0 Å². The number of carbonyl (C=O) groups excluding carboxylic acids is 1. The van der Waals surface area contributed by atoms with Crippen molar-refractivity contribution in [3.8, 4) is 22.5 Å². The first-order valence-corrected chi connectivity index (χ1v) is 11.7. The van der Waals surface area contributed by atoms with Crippen molar-refractivity contribution in [3.05, 3.63) is 108 Å². The summed E-state index contributed by atoms with van der Waals surface area (Å²) < 4.78 is 14.0. The molecular formula is C29H25FN4O. The summed E-state index contributed by atoms with van der Waals surface area (Å²) in [5.41, 5.74) is 4.26. The summed E-state index contributed by atoms with van der Waals surface area (Å²) in [7, 11) is 0. The lowest BCUT2D eigenvalue weighted by Gasteiger charge is -2.32. The van der Waals surface area contributed by atoms with E-state index in [0.29, 0.717) is 24.5 Å². The lowest BCUT2D eigenvalue weighted by atomic mass is 9.89. The molecule has 1 saturated heterocycles. The van der Waals surface area contributed by atoms with E-state index in [-0.39, 0.29) is 17.6 Å². The largest absolute Gasteiger partial charge is 0.338 e. The molecule has 4 aromatic rings. The molecular weight excluding hydrogens is 439 g/mol. The maximum absolute atomic E-state index is 14.0. The number of amides is 1. The average molecular weight is 465 g/mol. The Morgan fingerprint density at radius 2 is 1.74 bits per heavy atom. The van der Waals surface area contributed by atoms with Crippen LogP contribution in [0.5, 0.6) is 0 Å². The van der Waals surface area contributed by atoms with Gasteiger partial charge in [0.2, 0.25) is 5.91 Å². The minimum Gasteiger partial charge on any atom is -0.338 e. The van der Waals surface area contributed by atoms with Crippen LogP contribution >= 0.6 is 0 Å². The number of carbonyl (C=O) groups is 1. The van der Waals surface area contributed by atoms with Gasteiger partial charge < -0.3 is 4.90 Å². The normalized spacial score (nSPS) is 15.9. The van der Waals surface area contributed by atoms with Gasteiger partial charge in [0.25, 0.3) is 0 Å². The number of hydrogen-bond acceptors (Lipinski definition) is 4. The van der Waals surface area contributed by atoms with E-state index in [1.807, 2.05) is 41.4 Å². The zero-order valence-corrected chi connectivity index (χ0v) is 19.2. The third kappa shape index (κ3) is 5.17. The summed E-state index contributed by atoms with van der Waals surface area (Å²) in [5, 5.41) is 0. The molecule has 2 aromatic heterocycles. The van der Waals surface area contributed by atoms with Gasteiger partial charge in [-0.15, -0.1) is 0 Å². The summed E-state index contributed by atoms with van der Waals surface area (Å²) in [4.78, 5) is 28.5. The molecule has 0 saturated carbocycles. The molecule has 1 fully saturated rings. The molecule has 6 heteroatoms. The zero-order chi connectivity index (χ0) is 24.0. The smallest absolute Gasteiger partial charge is 0.246 e. The Balaban J connectivity index is 1.44. The predicted molar refractivity (Wildman–Crippen MR) is 135 cm³/mol. The quantitative estimate of drug-likeness (QED) is 0.352.